The van der Waals surface area contributed by atoms with Gasteiger partial charge in [0.1, 0.15) is 0 Å². The van der Waals surface area contributed by atoms with E-state index in [2.05, 4.69) is 28.4 Å². The predicted molar refractivity (Wildman–Crippen MR) is 131 cm³/mol. The Morgan fingerprint density at radius 1 is 1.06 bits per heavy atom. The zero-order valence-electron chi connectivity index (χ0n) is 18.9. The fraction of sp³-hybridized carbons (Fsp3) is 0.360. The third-order valence-electron chi connectivity index (χ3n) is 5.99. The number of amides is 1. The van der Waals surface area contributed by atoms with Gasteiger partial charge in [-0.3, -0.25) is 14.2 Å². The van der Waals surface area contributed by atoms with Crippen molar-refractivity contribution in [2.75, 3.05) is 30.2 Å². The van der Waals surface area contributed by atoms with Crippen molar-refractivity contribution in [3.8, 4) is 11.3 Å². The summed E-state index contributed by atoms with van der Waals surface area (Å²) in [7, 11) is -1.40. The van der Waals surface area contributed by atoms with Crippen LogP contribution in [0.1, 0.15) is 41.7 Å². The average Bonchev–Trinajstić information content (AvgIpc) is 3.45. The number of nitrogens with one attached hydrogen (secondary N) is 1. The fourth-order valence-electron chi connectivity index (χ4n) is 4.11. The van der Waals surface area contributed by atoms with E-state index >= 15 is 0 Å². The molecule has 0 atom stereocenters. The normalized spacial score (nSPS) is 15.0. The van der Waals surface area contributed by atoms with Crippen LogP contribution in [-0.2, 0) is 16.4 Å². The maximum Gasteiger partial charge on any atom is 0.253 e. The fourth-order valence-corrected chi connectivity index (χ4v) is 5.67. The number of benzene rings is 2. The summed E-state index contributed by atoms with van der Waals surface area (Å²) < 4.78 is 25.5. The molecule has 1 amide bonds. The minimum absolute atomic E-state index is 0.0492. The first-order valence-corrected chi connectivity index (χ1v) is 13.0. The van der Waals surface area contributed by atoms with Crippen LogP contribution < -0.4 is 4.31 Å². The number of carbonyl (C=O) groups is 1. The maximum atomic E-state index is 12.7. The van der Waals surface area contributed by atoms with Gasteiger partial charge in [0, 0.05) is 37.0 Å². The molecule has 0 saturated carbocycles. The van der Waals surface area contributed by atoms with E-state index < -0.39 is 10.0 Å². The van der Waals surface area contributed by atoms with Crippen molar-refractivity contribution in [1.29, 1.82) is 0 Å². The van der Waals surface area contributed by atoms with Gasteiger partial charge in [-0.05, 0) is 56.0 Å². The van der Waals surface area contributed by atoms with Crippen LogP contribution in [0, 0.1) is 0 Å². The molecule has 0 unspecified atom stereocenters. The Balaban J connectivity index is 1.20. The van der Waals surface area contributed by atoms with Gasteiger partial charge in [-0.15, -0.1) is 0 Å². The van der Waals surface area contributed by atoms with Gasteiger partial charge < -0.3 is 4.90 Å². The van der Waals surface area contributed by atoms with Crippen LogP contribution in [0.4, 0.5) is 5.69 Å². The predicted octanol–water partition coefficient (Wildman–Crippen LogP) is 4.10. The minimum Gasteiger partial charge on any atom is -0.342 e. The summed E-state index contributed by atoms with van der Waals surface area (Å²) in [6.07, 6.45) is 4.53. The second-order valence-electron chi connectivity index (χ2n) is 8.47. The number of hydrogen-bond donors (Lipinski definition) is 1. The Bertz CT molecular complexity index is 1170. The molecule has 2 aromatic carbocycles. The highest BCUT2D eigenvalue weighted by Crippen LogP contribution is 2.24. The van der Waals surface area contributed by atoms with Gasteiger partial charge in [-0.1, -0.05) is 36.8 Å². The van der Waals surface area contributed by atoms with Crippen molar-refractivity contribution in [2.45, 2.75) is 32.1 Å². The number of carbonyl (C=O) groups excluding carboxylic acids is 1. The molecule has 1 aromatic heterocycles. The van der Waals surface area contributed by atoms with E-state index in [1.807, 2.05) is 25.2 Å². The molecule has 0 aliphatic carbocycles. The number of sulfonamides is 1. The maximum absolute atomic E-state index is 12.7. The second-order valence-corrected chi connectivity index (χ2v) is 10.5. The standard InChI is InChI=1S/C25H30N4O3S/c1-28(25(30)21-12-14-23(15-13-21)29-17-8-18-33(29,31)32)16-7-3-6-11-22-19-24(27-26-22)20-9-4-2-5-10-20/h2,4-5,9-10,12-15,19H,3,6-8,11,16-18H2,1H3,(H,26,27). The number of H-pyrrole nitrogens is 1. The van der Waals surface area contributed by atoms with Crippen LogP contribution in [0.2, 0.25) is 0 Å². The minimum atomic E-state index is -3.21. The molecule has 7 nitrogen and oxygen atoms in total. The molecular formula is C25H30N4O3S. The molecule has 4 rings (SSSR count). The van der Waals surface area contributed by atoms with Crippen molar-refractivity contribution >= 4 is 21.6 Å². The molecule has 0 bridgehead atoms. The van der Waals surface area contributed by atoms with Crippen molar-refractivity contribution in [3.63, 3.8) is 0 Å². The smallest absolute Gasteiger partial charge is 0.253 e. The molecule has 3 aromatic rings. The topological polar surface area (TPSA) is 86.4 Å². The van der Waals surface area contributed by atoms with Crippen molar-refractivity contribution in [1.82, 2.24) is 15.1 Å². The first-order valence-electron chi connectivity index (χ1n) is 11.4. The molecule has 0 radical (unpaired) electrons. The molecule has 0 spiro atoms. The van der Waals surface area contributed by atoms with Crippen LogP contribution >= 0.6 is 0 Å². The van der Waals surface area contributed by atoms with Gasteiger partial charge in [0.15, 0.2) is 0 Å². The highest BCUT2D eigenvalue weighted by Gasteiger charge is 2.28. The lowest BCUT2D eigenvalue weighted by atomic mass is 10.1. The van der Waals surface area contributed by atoms with Gasteiger partial charge >= 0.3 is 0 Å². The highest BCUT2D eigenvalue weighted by atomic mass is 32.2. The molecule has 1 N–H and O–H groups in total. The van der Waals surface area contributed by atoms with Crippen molar-refractivity contribution in [2.24, 2.45) is 0 Å². The molecule has 1 aliphatic heterocycles. The third-order valence-corrected chi connectivity index (χ3v) is 7.86. The second kappa shape index (κ2) is 10.2. The van der Waals surface area contributed by atoms with E-state index in [0.717, 1.165) is 42.6 Å². The first-order chi connectivity index (χ1) is 15.9. The van der Waals surface area contributed by atoms with Crippen LogP contribution in [0.15, 0.2) is 60.7 Å². The Morgan fingerprint density at radius 2 is 1.82 bits per heavy atom. The zero-order valence-corrected chi connectivity index (χ0v) is 19.7. The number of anilines is 1. The quantitative estimate of drug-likeness (QED) is 0.481. The summed E-state index contributed by atoms with van der Waals surface area (Å²) in [6, 6.07) is 19.1. The summed E-state index contributed by atoms with van der Waals surface area (Å²) in [4.78, 5) is 14.4. The Labute approximate surface area is 195 Å². The van der Waals surface area contributed by atoms with Crippen molar-refractivity contribution < 1.29 is 13.2 Å². The molecule has 1 aliphatic rings. The van der Waals surface area contributed by atoms with Crippen LogP contribution in [-0.4, -0.2) is 55.3 Å². The Morgan fingerprint density at radius 3 is 2.52 bits per heavy atom. The first kappa shape index (κ1) is 23.0. The molecule has 2 heterocycles. The number of aromatic nitrogens is 2. The molecule has 1 saturated heterocycles. The lowest BCUT2D eigenvalue weighted by Gasteiger charge is -2.19. The monoisotopic (exact) mass is 466 g/mol. The molecule has 1 fully saturated rings. The SMILES string of the molecule is CN(CCCCCc1cc(-c2ccccc2)n[nH]1)C(=O)c1ccc(N2CCCS2(=O)=O)cc1. The largest absolute Gasteiger partial charge is 0.342 e. The molecule has 8 heteroatoms. The number of aromatic amines is 1. The summed E-state index contributed by atoms with van der Waals surface area (Å²) in [6.45, 7) is 1.18. The summed E-state index contributed by atoms with van der Waals surface area (Å²) in [5.74, 6) is 0.136. The van der Waals surface area contributed by atoms with Gasteiger partial charge in [-0.2, -0.15) is 5.10 Å². The van der Waals surface area contributed by atoms with E-state index in [9.17, 15) is 13.2 Å². The molecule has 174 valence electrons. The zero-order chi connectivity index (χ0) is 23.3. The van der Waals surface area contributed by atoms with Crippen LogP contribution in [0.25, 0.3) is 11.3 Å². The molecule has 33 heavy (non-hydrogen) atoms. The van der Waals surface area contributed by atoms with Crippen molar-refractivity contribution in [3.05, 3.63) is 71.9 Å². The number of nitrogens with zero attached hydrogens (tertiary/aromatic N) is 3. The average molecular weight is 467 g/mol. The van der Waals surface area contributed by atoms with E-state index in [-0.39, 0.29) is 11.7 Å². The van der Waals surface area contributed by atoms with Crippen LogP contribution in [0.3, 0.4) is 0 Å². The number of unbranched alkanes of at least 4 members (excludes halogenated alkanes) is 2. The van der Waals surface area contributed by atoms with E-state index in [4.69, 9.17) is 0 Å². The van der Waals surface area contributed by atoms with E-state index in [1.54, 1.807) is 29.2 Å². The van der Waals surface area contributed by atoms with E-state index in [0.29, 0.717) is 30.8 Å². The highest BCUT2D eigenvalue weighted by molar-refractivity contribution is 7.93. The van der Waals surface area contributed by atoms with Gasteiger partial charge in [-0.25, -0.2) is 8.42 Å². The number of hydrogen-bond acceptors (Lipinski definition) is 4. The summed E-state index contributed by atoms with van der Waals surface area (Å²) in [5.41, 5.74) is 4.39. The molecular weight excluding hydrogens is 436 g/mol. The lowest BCUT2D eigenvalue weighted by Crippen LogP contribution is -2.28. The lowest BCUT2D eigenvalue weighted by molar-refractivity contribution is 0.0792. The Hall–Kier alpha value is -3.13. The van der Waals surface area contributed by atoms with Gasteiger partial charge in [0.05, 0.1) is 17.1 Å². The number of aryl methyl sites for hydroxylation is 1. The summed E-state index contributed by atoms with van der Waals surface area (Å²) in [5, 5.41) is 7.51. The van der Waals surface area contributed by atoms with Gasteiger partial charge in [0.2, 0.25) is 10.0 Å². The van der Waals surface area contributed by atoms with Gasteiger partial charge in [0.25, 0.3) is 5.91 Å². The van der Waals surface area contributed by atoms with Crippen LogP contribution in [0.5, 0.6) is 0 Å². The Kier molecular flexibility index (Phi) is 7.13. The van der Waals surface area contributed by atoms with E-state index in [1.165, 1.54) is 4.31 Å². The summed E-state index contributed by atoms with van der Waals surface area (Å²) >= 11 is 0. The third kappa shape index (κ3) is 5.63. The number of rotatable bonds is 9.